The van der Waals surface area contributed by atoms with Crippen molar-refractivity contribution in [3.05, 3.63) is 59.8 Å². The summed E-state index contributed by atoms with van der Waals surface area (Å²) in [6.07, 6.45) is 9.27. The number of aromatic nitrogens is 3. The fourth-order valence-corrected chi connectivity index (χ4v) is 4.99. The van der Waals surface area contributed by atoms with Crippen molar-refractivity contribution in [2.45, 2.75) is 50.8 Å². The fraction of sp³-hybridized carbons (Fsp3) is 0.458. The number of carbonyl (C=O) groups excluding carboxylic acids is 1. The van der Waals surface area contributed by atoms with Crippen LogP contribution in [0.25, 0.3) is 10.9 Å². The Balaban J connectivity index is 1.31. The van der Waals surface area contributed by atoms with Crippen molar-refractivity contribution in [3.63, 3.8) is 0 Å². The number of rotatable bonds is 4. The van der Waals surface area contributed by atoms with Crippen LogP contribution in [0.4, 0.5) is 0 Å². The Morgan fingerprint density at radius 1 is 1.29 bits per heavy atom. The summed E-state index contributed by atoms with van der Waals surface area (Å²) in [5, 5.41) is 4.46. The maximum Gasteiger partial charge on any atom is 0.271 e. The molecule has 2 aliphatic rings. The van der Waals surface area contributed by atoms with Gasteiger partial charge in [-0.15, -0.1) is 0 Å². The molecule has 2 atom stereocenters. The predicted molar refractivity (Wildman–Crippen MR) is 119 cm³/mol. The number of amides is 1. The maximum atomic E-state index is 12.8. The second-order valence-corrected chi connectivity index (χ2v) is 8.84. The van der Waals surface area contributed by atoms with Crippen molar-refractivity contribution >= 4 is 16.8 Å². The molecule has 3 aromatic rings. The third kappa shape index (κ3) is 4.20. The average molecular weight is 420 g/mol. The lowest BCUT2D eigenvalue weighted by Gasteiger charge is -2.49. The van der Waals surface area contributed by atoms with Crippen LogP contribution in [-0.4, -0.2) is 57.1 Å². The second kappa shape index (κ2) is 8.40. The van der Waals surface area contributed by atoms with E-state index < -0.39 is 0 Å². The summed E-state index contributed by atoms with van der Waals surface area (Å²) < 4.78 is 6.40. The Kier molecular flexibility index (Phi) is 5.46. The number of hydrogen-bond donors (Lipinski definition) is 2. The number of H-pyrrole nitrogens is 1. The highest BCUT2D eigenvalue weighted by Crippen LogP contribution is 2.35. The summed E-state index contributed by atoms with van der Waals surface area (Å²) in [6, 6.07) is 8.68. The summed E-state index contributed by atoms with van der Waals surface area (Å²) >= 11 is 0. The first-order valence-corrected chi connectivity index (χ1v) is 11.1. The van der Waals surface area contributed by atoms with Gasteiger partial charge < -0.3 is 15.0 Å². The molecule has 1 aromatic carbocycles. The van der Waals surface area contributed by atoms with Crippen LogP contribution in [0.3, 0.4) is 0 Å². The lowest BCUT2D eigenvalue weighted by atomic mass is 9.78. The first-order valence-electron chi connectivity index (χ1n) is 11.1. The molecular weight excluding hydrogens is 390 g/mol. The van der Waals surface area contributed by atoms with E-state index in [9.17, 15) is 4.79 Å². The number of nitrogens with zero attached hydrogens (tertiary/aromatic N) is 3. The first kappa shape index (κ1) is 20.2. The topological polar surface area (TPSA) is 83.1 Å². The molecule has 0 bridgehead atoms. The van der Waals surface area contributed by atoms with Crippen molar-refractivity contribution in [3.8, 4) is 0 Å². The standard InChI is InChI=1S/C24H29N5O2/c1-17-13-27-21(14-26-17)23(30)28-22-4-2-3-8-24(22)16-29(10-11-31-24)15-18-5-6-20-19(12-18)7-9-25-20/h5-7,9,12-14,22,25H,2-4,8,10-11,15-16H2,1H3,(H,28,30). The van der Waals surface area contributed by atoms with Crippen LogP contribution in [-0.2, 0) is 11.3 Å². The van der Waals surface area contributed by atoms with Crippen LogP contribution < -0.4 is 5.32 Å². The number of nitrogens with one attached hydrogen (secondary N) is 2. The molecule has 162 valence electrons. The van der Waals surface area contributed by atoms with Crippen LogP contribution >= 0.6 is 0 Å². The molecule has 2 fully saturated rings. The molecule has 1 aliphatic heterocycles. The van der Waals surface area contributed by atoms with Crippen LogP contribution in [0.15, 0.2) is 42.9 Å². The van der Waals surface area contributed by atoms with E-state index in [-0.39, 0.29) is 17.6 Å². The van der Waals surface area contributed by atoms with Crippen molar-refractivity contribution in [1.29, 1.82) is 0 Å². The molecule has 1 spiro atoms. The molecular formula is C24H29N5O2. The molecule has 2 unspecified atom stereocenters. The van der Waals surface area contributed by atoms with Crippen molar-refractivity contribution in [1.82, 2.24) is 25.2 Å². The molecule has 0 radical (unpaired) electrons. The van der Waals surface area contributed by atoms with E-state index >= 15 is 0 Å². The number of aromatic amines is 1. The van der Waals surface area contributed by atoms with Crippen molar-refractivity contribution in [2.24, 2.45) is 0 Å². The zero-order valence-corrected chi connectivity index (χ0v) is 17.9. The van der Waals surface area contributed by atoms with E-state index in [2.05, 4.69) is 49.4 Å². The quantitative estimate of drug-likeness (QED) is 0.679. The monoisotopic (exact) mass is 419 g/mol. The van der Waals surface area contributed by atoms with E-state index in [0.717, 1.165) is 56.5 Å². The Hall–Kier alpha value is -2.77. The molecule has 31 heavy (non-hydrogen) atoms. The summed E-state index contributed by atoms with van der Waals surface area (Å²) in [7, 11) is 0. The summed E-state index contributed by atoms with van der Waals surface area (Å²) in [5.41, 5.74) is 3.28. The third-order valence-electron chi connectivity index (χ3n) is 6.61. The average Bonchev–Trinajstić information content (AvgIpc) is 3.24. The molecule has 1 aliphatic carbocycles. The van der Waals surface area contributed by atoms with Crippen LogP contribution in [0.5, 0.6) is 0 Å². The van der Waals surface area contributed by atoms with Crippen LogP contribution in [0.1, 0.15) is 47.4 Å². The summed E-state index contributed by atoms with van der Waals surface area (Å²) in [5.74, 6) is -0.169. The highest BCUT2D eigenvalue weighted by molar-refractivity contribution is 5.92. The van der Waals surface area contributed by atoms with E-state index in [4.69, 9.17) is 4.74 Å². The fourth-order valence-electron chi connectivity index (χ4n) is 4.99. The minimum atomic E-state index is -0.345. The van der Waals surface area contributed by atoms with Crippen molar-refractivity contribution < 1.29 is 9.53 Å². The molecule has 3 heterocycles. The highest BCUT2D eigenvalue weighted by Gasteiger charge is 2.46. The van der Waals surface area contributed by atoms with E-state index in [0.29, 0.717) is 12.3 Å². The van der Waals surface area contributed by atoms with Gasteiger partial charge in [-0.05, 0) is 48.9 Å². The van der Waals surface area contributed by atoms with E-state index in [1.54, 1.807) is 12.4 Å². The van der Waals surface area contributed by atoms with Crippen LogP contribution in [0.2, 0.25) is 0 Å². The Morgan fingerprint density at radius 3 is 3.10 bits per heavy atom. The normalized spacial score (nSPS) is 24.5. The molecule has 7 nitrogen and oxygen atoms in total. The van der Waals surface area contributed by atoms with Gasteiger partial charge in [0.2, 0.25) is 0 Å². The SMILES string of the molecule is Cc1cnc(C(=O)NC2CCCCC23CN(Cc2ccc4[nH]ccc4c2)CCO3)cn1. The predicted octanol–water partition coefficient (Wildman–Crippen LogP) is 3.21. The van der Waals surface area contributed by atoms with Gasteiger partial charge in [-0.25, -0.2) is 4.98 Å². The minimum Gasteiger partial charge on any atom is -0.370 e. The lowest BCUT2D eigenvalue weighted by Crippen LogP contribution is -2.64. The Bertz CT molecular complexity index is 1060. The van der Waals surface area contributed by atoms with E-state index in [1.165, 1.54) is 10.9 Å². The lowest BCUT2D eigenvalue weighted by molar-refractivity contribution is -0.143. The van der Waals surface area contributed by atoms with Gasteiger partial charge >= 0.3 is 0 Å². The molecule has 1 amide bonds. The number of morpholine rings is 1. The van der Waals surface area contributed by atoms with Gasteiger partial charge in [-0.2, -0.15) is 0 Å². The smallest absolute Gasteiger partial charge is 0.271 e. The number of fused-ring (bicyclic) bond motifs is 1. The van der Waals surface area contributed by atoms with Gasteiger partial charge in [0.25, 0.3) is 5.91 Å². The number of ether oxygens (including phenoxy) is 1. The molecule has 5 rings (SSSR count). The van der Waals surface area contributed by atoms with Gasteiger partial charge in [0.15, 0.2) is 0 Å². The van der Waals surface area contributed by atoms with E-state index in [1.807, 2.05) is 13.1 Å². The Labute approximate surface area is 182 Å². The minimum absolute atomic E-state index is 0.0215. The van der Waals surface area contributed by atoms with Gasteiger partial charge in [0, 0.05) is 37.5 Å². The third-order valence-corrected chi connectivity index (χ3v) is 6.61. The van der Waals surface area contributed by atoms with Gasteiger partial charge in [-0.1, -0.05) is 18.9 Å². The summed E-state index contributed by atoms with van der Waals surface area (Å²) in [6.45, 7) is 5.15. The largest absolute Gasteiger partial charge is 0.370 e. The first-order chi connectivity index (χ1) is 15.1. The molecule has 1 saturated carbocycles. The van der Waals surface area contributed by atoms with Gasteiger partial charge in [0.05, 0.1) is 24.5 Å². The Morgan fingerprint density at radius 2 is 2.23 bits per heavy atom. The van der Waals surface area contributed by atoms with Crippen molar-refractivity contribution in [2.75, 3.05) is 19.7 Å². The zero-order chi connectivity index (χ0) is 21.3. The highest BCUT2D eigenvalue weighted by atomic mass is 16.5. The van der Waals surface area contributed by atoms with Gasteiger partial charge in [0.1, 0.15) is 11.3 Å². The number of benzene rings is 1. The van der Waals surface area contributed by atoms with Gasteiger partial charge in [-0.3, -0.25) is 14.7 Å². The zero-order valence-electron chi connectivity index (χ0n) is 17.9. The maximum absolute atomic E-state index is 12.8. The second-order valence-electron chi connectivity index (χ2n) is 8.84. The molecule has 2 aromatic heterocycles. The van der Waals surface area contributed by atoms with Crippen LogP contribution in [0, 0.1) is 6.92 Å². The summed E-state index contributed by atoms with van der Waals surface area (Å²) in [4.78, 5) is 27.0. The number of hydrogen-bond acceptors (Lipinski definition) is 5. The molecule has 7 heteroatoms. The number of aryl methyl sites for hydroxylation is 1. The molecule has 1 saturated heterocycles. The molecule has 2 N–H and O–H groups in total. The number of carbonyl (C=O) groups is 1.